The summed E-state index contributed by atoms with van der Waals surface area (Å²) in [7, 11) is 0. The Balaban J connectivity index is 1.67. The predicted molar refractivity (Wildman–Crippen MR) is 131 cm³/mol. The second-order valence-electron chi connectivity index (χ2n) is 8.46. The van der Waals surface area contributed by atoms with Crippen LogP contribution in [0.4, 0.5) is 11.6 Å². The second-order valence-corrected chi connectivity index (χ2v) is 8.46. The van der Waals surface area contributed by atoms with Gasteiger partial charge in [-0.05, 0) is 64.4 Å². The van der Waals surface area contributed by atoms with Crippen LogP contribution in [0.5, 0.6) is 0 Å². The van der Waals surface area contributed by atoms with E-state index in [0.29, 0.717) is 5.69 Å². The number of ketones is 1. The zero-order valence-corrected chi connectivity index (χ0v) is 20.5. The summed E-state index contributed by atoms with van der Waals surface area (Å²) >= 11 is 0. The van der Waals surface area contributed by atoms with Gasteiger partial charge in [0.15, 0.2) is 5.78 Å². The number of nitrogens with one attached hydrogen (secondary N) is 1. The lowest BCUT2D eigenvalue weighted by Crippen LogP contribution is -2.30. The minimum absolute atomic E-state index is 0.0163. The summed E-state index contributed by atoms with van der Waals surface area (Å²) < 4.78 is 10.5. The monoisotopic (exact) mass is 488 g/mol. The number of carbonyl (C=O) groups excluding carboxylic acids is 5. The van der Waals surface area contributed by atoms with Crippen LogP contribution < -0.4 is 10.2 Å². The highest BCUT2D eigenvalue weighted by atomic mass is 16.5. The summed E-state index contributed by atoms with van der Waals surface area (Å²) in [5, 5.41) is 2.49. The Labute approximate surface area is 207 Å². The number of hydrogen-bond acceptors (Lipinski definition) is 7. The molecule has 1 aromatic heterocycles. The fraction of sp³-hybridized carbons (Fsp3) is 0.222. The van der Waals surface area contributed by atoms with Crippen LogP contribution in [0.1, 0.15) is 82.5 Å². The Kier molecular flexibility index (Phi) is 6.32. The maximum Gasteiger partial charge on any atom is 0.344 e. The number of imide groups is 1. The molecule has 1 aliphatic heterocycles. The number of fused-ring (bicyclic) bond motifs is 1. The number of carbonyl (C=O) groups is 5. The van der Waals surface area contributed by atoms with Crippen molar-refractivity contribution in [3.8, 4) is 0 Å². The van der Waals surface area contributed by atoms with E-state index in [-0.39, 0.29) is 46.1 Å². The number of rotatable bonds is 6. The van der Waals surface area contributed by atoms with Crippen LogP contribution in [-0.4, -0.2) is 36.1 Å². The van der Waals surface area contributed by atoms with Gasteiger partial charge >= 0.3 is 5.97 Å². The summed E-state index contributed by atoms with van der Waals surface area (Å²) in [6.07, 6.45) is 0. The normalized spacial score (nSPS) is 12.5. The van der Waals surface area contributed by atoms with Crippen LogP contribution in [0.3, 0.4) is 0 Å². The molecule has 3 aromatic rings. The molecule has 0 unspecified atom stereocenters. The van der Waals surface area contributed by atoms with Gasteiger partial charge in [0.25, 0.3) is 17.7 Å². The minimum atomic E-state index is -0.811. The first-order valence-corrected chi connectivity index (χ1v) is 11.3. The number of amides is 3. The van der Waals surface area contributed by atoms with E-state index in [1.165, 1.54) is 32.0 Å². The highest BCUT2D eigenvalue weighted by Gasteiger charge is 2.38. The van der Waals surface area contributed by atoms with Crippen molar-refractivity contribution in [3.63, 3.8) is 0 Å². The van der Waals surface area contributed by atoms with E-state index >= 15 is 0 Å². The molecule has 3 amide bonds. The Morgan fingerprint density at radius 1 is 0.944 bits per heavy atom. The minimum Gasteiger partial charge on any atom is -0.462 e. The van der Waals surface area contributed by atoms with Crippen molar-refractivity contribution in [2.75, 3.05) is 16.8 Å². The number of hydrogen-bond donors (Lipinski definition) is 1. The first kappa shape index (κ1) is 24.6. The number of Topliss-reactive ketones (excluding diaryl/α,β-unsaturated/α-hetero) is 1. The smallest absolute Gasteiger partial charge is 0.344 e. The van der Waals surface area contributed by atoms with E-state index in [0.717, 1.165) is 16.0 Å². The van der Waals surface area contributed by atoms with Crippen LogP contribution in [0.15, 0.2) is 40.8 Å². The SMILES string of the molecule is CCOC(=O)c1c(NC(=O)c2ccc3c(c2)C(=O)N(c2ccc(C)cc2C)C3=O)oc(C)c1C(C)=O. The van der Waals surface area contributed by atoms with Gasteiger partial charge in [0.2, 0.25) is 5.88 Å². The quantitative estimate of drug-likeness (QED) is 0.305. The molecule has 9 heteroatoms. The van der Waals surface area contributed by atoms with Gasteiger partial charge in [-0.25, -0.2) is 9.69 Å². The topological polar surface area (TPSA) is 123 Å². The summed E-state index contributed by atoms with van der Waals surface area (Å²) in [5.41, 5.74) is 2.39. The van der Waals surface area contributed by atoms with Crippen molar-refractivity contribution >= 4 is 41.0 Å². The zero-order chi connectivity index (χ0) is 26.3. The number of anilines is 2. The molecule has 1 N–H and O–H groups in total. The summed E-state index contributed by atoms with van der Waals surface area (Å²) in [4.78, 5) is 64.9. The number of benzene rings is 2. The summed E-state index contributed by atoms with van der Waals surface area (Å²) in [5.74, 6) is -3.04. The van der Waals surface area contributed by atoms with E-state index in [9.17, 15) is 24.0 Å². The molecule has 0 fully saturated rings. The van der Waals surface area contributed by atoms with Gasteiger partial charge in [0.05, 0.1) is 29.0 Å². The molecule has 0 spiro atoms. The van der Waals surface area contributed by atoms with Crippen molar-refractivity contribution in [2.45, 2.75) is 34.6 Å². The van der Waals surface area contributed by atoms with Crippen LogP contribution in [0.25, 0.3) is 0 Å². The highest BCUT2D eigenvalue weighted by Crippen LogP contribution is 2.33. The fourth-order valence-corrected chi connectivity index (χ4v) is 4.29. The number of ether oxygens (including phenoxy) is 1. The van der Waals surface area contributed by atoms with Crippen LogP contribution in [-0.2, 0) is 4.74 Å². The van der Waals surface area contributed by atoms with E-state index < -0.39 is 29.5 Å². The first-order chi connectivity index (χ1) is 17.0. The van der Waals surface area contributed by atoms with Crippen molar-refractivity contribution in [2.24, 2.45) is 0 Å². The van der Waals surface area contributed by atoms with Crippen LogP contribution in [0.2, 0.25) is 0 Å². The molecule has 1 aliphatic rings. The van der Waals surface area contributed by atoms with E-state index in [1.807, 2.05) is 26.0 Å². The summed E-state index contributed by atoms with van der Waals surface area (Å²) in [6.45, 7) is 8.17. The molecular weight excluding hydrogens is 464 g/mol. The van der Waals surface area contributed by atoms with Gasteiger partial charge in [-0.2, -0.15) is 0 Å². The molecule has 0 atom stereocenters. The third-order valence-electron chi connectivity index (χ3n) is 5.88. The molecule has 36 heavy (non-hydrogen) atoms. The Morgan fingerprint density at radius 2 is 1.64 bits per heavy atom. The molecule has 9 nitrogen and oxygen atoms in total. The van der Waals surface area contributed by atoms with Crippen molar-refractivity contribution in [1.29, 1.82) is 0 Å². The molecule has 4 rings (SSSR count). The Hall–Kier alpha value is -4.53. The molecular formula is C27H24N2O7. The highest BCUT2D eigenvalue weighted by molar-refractivity contribution is 6.35. The zero-order valence-electron chi connectivity index (χ0n) is 20.5. The second kappa shape index (κ2) is 9.26. The fourth-order valence-electron chi connectivity index (χ4n) is 4.29. The van der Waals surface area contributed by atoms with Crippen molar-refractivity contribution in [1.82, 2.24) is 0 Å². The van der Waals surface area contributed by atoms with Gasteiger partial charge in [-0.3, -0.25) is 24.5 Å². The van der Waals surface area contributed by atoms with Gasteiger partial charge in [-0.15, -0.1) is 0 Å². The summed E-state index contributed by atoms with van der Waals surface area (Å²) in [6, 6.07) is 9.53. The Bertz CT molecular complexity index is 1460. The third-order valence-corrected chi connectivity index (χ3v) is 5.88. The number of furan rings is 1. The number of esters is 1. The van der Waals surface area contributed by atoms with E-state index in [4.69, 9.17) is 9.15 Å². The van der Waals surface area contributed by atoms with Gasteiger partial charge in [-0.1, -0.05) is 17.7 Å². The number of aryl methyl sites for hydroxylation is 3. The molecule has 0 saturated heterocycles. The lowest BCUT2D eigenvalue weighted by atomic mass is 10.0. The largest absolute Gasteiger partial charge is 0.462 e. The number of nitrogens with zero attached hydrogens (tertiary/aromatic N) is 1. The first-order valence-electron chi connectivity index (χ1n) is 11.3. The maximum atomic E-state index is 13.2. The molecule has 0 saturated carbocycles. The maximum absolute atomic E-state index is 13.2. The molecule has 0 bridgehead atoms. The standard InChI is InChI=1S/C27H24N2O7/c1-6-35-27(34)22-21(15(4)30)16(5)36-24(22)28-23(31)17-8-9-18-19(12-17)26(33)29(25(18)32)20-10-7-13(2)11-14(20)3/h7-12H,6H2,1-5H3,(H,28,31). The third kappa shape index (κ3) is 4.08. The van der Waals surface area contributed by atoms with Crippen molar-refractivity contribution in [3.05, 3.63) is 81.1 Å². The van der Waals surface area contributed by atoms with E-state index in [2.05, 4.69) is 5.32 Å². The lowest BCUT2D eigenvalue weighted by Gasteiger charge is -2.16. The van der Waals surface area contributed by atoms with Crippen LogP contribution in [0, 0.1) is 20.8 Å². The Morgan fingerprint density at radius 3 is 2.28 bits per heavy atom. The van der Waals surface area contributed by atoms with Gasteiger partial charge < -0.3 is 9.15 Å². The van der Waals surface area contributed by atoms with Crippen LogP contribution >= 0.6 is 0 Å². The van der Waals surface area contributed by atoms with E-state index in [1.54, 1.807) is 13.0 Å². The molecule has 0 radical (unpaired) electrons. The lowest BCUT2D eigenvalue weighted by molar-refractivity contribution is 0.0524. The average Bonchev–Trinajstić information content (AvgIpc) is 3.27. The van der Waals surface area contributed by atoms with Gasteiger partial charge in [0, 0.05) is 5.56 Å². The van der Waals surface area contributed by atoms with Crippen molar-refractivity contribution < 1.29 is 33.1 Å². The molecule has 0 aliphatic carbocycles. The molecule has 2 heterocycles. The van der Waals surface area contributed by atoms with Gasteiger partial charge in [0.1, 0.15) is 11.3 Å². The predicted octanol–water partition coefficient (Wildman–Crippen LogP) is 4.64. The molecule has 184 valence electrons. The molecule has 2 aromatic carbocycles. The average molecular weight is 488 g/mol.